The van der Waals surface area contributed by atoms with E-state index in [4.69, 9.17) is 16.7 Å². The molecule has 3 N–H and O–H groups in total. The lowest BCUT2D eigenvalue weighted by Gasteiger charge is -2.21. The lowest BCUT2D eigenvalue weighted by atomic mass is 10.2. The summed E-state index contributed by atoms with van der Waals surface area (Å²) in [6.07, 6.45) is 1.11. The Bertz CT molecular complexity index is 591. The van der Waals surface area contributed by atoms with Gasteiger partial charge in [-0.25, -0.2) is 9.59 Å². The van der Waals surface area contributed by atoms with Crippen molar-refractivity contribution in [3.05, 3.63) is 34.9 Å². The van der Waals surface area contributed by atoms with E-state index in [1.165, 1.54) is 4.90 Å². The number of hydrogen-bond donors (Lipinski definition) is 3. The van der Waals surface area contributed by atoms with E-state index in [9.17, 15) is 14.4 Å². The van der Waals surface area contributed by atoms with Crippen LogP contribution >= 0.6 is 11.6 Å². The number of rotatable bonds is 5. The van der Waals surface area contributed by atoms with Gasteiger partial charge < -0.3 is 20.6 Å². The zero-order valence-electron chi connectivity index (χ0n) is 12.4. The van der Waals surface area contributed by atoms with E-state index in [0.29, 0.717) is 31.0 Å². The van der Waals surface area contributed by atoms with Gasteiger partial charge in [0, 0.05) is 18.1 Å². The minimum Gasteiger partial charge on any atom is -0.480 e. The van der Waals surface area contributed by atoms with Gasteiger partial charge in [-0.2, -0.15) is 0 Å². The molecule has 0 bridgehead atoms. The van der Waals surface area contributed by atoms with E-state index < -0.39 is 23.9 Å². The minimum atomic E-state index is -1.01. The second kappa shape index (κ2) is 7.82. The molecular formula is C15H18ClN3O4. The number of urea groups is 1. The van der Waals surface area contributed by atoms with E-state index in [1.54, 1.807) is 24.3 Å². The Morgan fingerprint density at radius 3 is 2.57 bits per heavy atom. The van der Waals surface area contributed by atoms with Crippen LogP contribution < -0.4 is 10.6 Å². The molecule has 23 heavy (non-hydrogen) atoms. The Hall–Kier alpha value is -2.28. The molecule has 1 aromatic carbocycles. The SMILES string of the molecule is O=C(NCC(=O)N1CCC[C@H]1C(=O)O)NCc1ccc(Cl)cc1. The Morgan fingerprint density at radius 1 is 1.22 bits per heavy atom. The van der Waals surface area contributed by atoms with Crippen LogP contribution in [-0.2, 0) is 16.1 Å². The third-order valence-electron chi connectivity index (χ3n) is 3.62. The normalized spacial score (nSPS) is 16.9. The van der Waals surface area contributed by atoms with Gasteiger partial charge in [-0.1, -0.05) is 23.7 Å². The van der Waals surface area contributed by atoms with Gasteiger partial charge in [0.15, 0.2) is 0 Å². The number of carbonyl (C=O) groups is 3. The summed E-state index contributed by atoms with van der Waals surface area (Å²) in [5, 5.41) is 14.7. The molecule has 1 heterocycles. The third kappa shape index (κ3) is 4.85. The number of nitrogens with one attached hydrogen (secondary N) is 2. The summed E-state index contributed by atoms with van der Waals surface area (Å²) in [6.45, 7) is 0.485. The average molecular weight is 340 g/mol. The number of likely N-dealkylation sites (tertiary alicyclic amines) is 1. The molecule has 0 unspecified atom stereocenters. The first-order valence-electron chi connectivity index (χ1n) is 7.26. The number of halogens is 1. The van der Waals surface area contributed by atoms with Crippen molar-refractivity contribution in [1.82, 2.24) is 15.5 Å². The highest BCUT2D eigenvalue weighted by Crippen LogP contribution is 2.17. The van der Waals surface area contributed by atoms with Crippen molar-refractivity contribution in [3.63, 3.8) is 0 Å². The van der Waals surface area contributed by atoms with Crippen LogP contribution in [0.2, 0.25) is 5.02 Å². The number of aliphatic carboxylic acids is 1. The van der Waals surface area contributed by atoms with Crippen LogP contribution in [0.4, 0.5) is 4.79 Å². The maximum absolute atomic E-state index is 12.0. The highest BCUT2D eigenvalue weighted by molar-refractivity contribution is 6.30. The number of benzene rings is 1. The second-order valence-corrected chi connectivity index (χ2v) is 5.68. The molecule has 1 aromatic rings. The van der Waals surface area contributed by atoms with Crippen molar-refractivity contribution in [2.24, 2.45) is 0 Å². The molecule has 0 radical (unpaired) electrons. The Balaban J connectivity index is 1.74. The first kappa shape index (κ1) is 17.1. The lowest BCUT2D eigenvalue weighted by molar-refractivity contribution is -0.147. The zero-order chi connectivity index (χ0) is 16.8. The van der Waals surface area contributed by atoms with Gasteiger partial charge in [-0.3, -0.25) is 4.79 Å². The molecule has 0 spiro atoms. The van der Waals surface area contributed by atoms with Gasteiger partial charge in [0.05, 0.1) is 6.54 Å². The van der Waals surface area contributed by atoms with Gasteiger partial charge in [0.2, 0.25) is 5.91 Å². The molecule has 0 aliphatic carbocycles. The smallest absolute Gasteiger partial charge is 0.326 e. The van der Waals surface area contributed by atoms with Crippen LogP contribution in [0.25, 0.3) is 0 Å². The van der Waals surface area contributed by atoms with Crippen LogP contribution in [0.3, 0.4) is 0 Å². The van der Waals surface area contributed by atoms with Crippen molar-refractivity contribution in [2.45, 2.75) is 25.4 Å². The van der Waals surface area contributed by atoms with E-state index in [0.717, 1.165) is 5.56 Å². The maximum atomic E-state index is 12.0. The molecule has 2 rings (SSSR count). The quantitative estimate of drug-likeness (QED) is 0.751. The van der Waals surface area contributed by atoms with Crippen molar-refractivity contribution >= 4 is 29.5 Å². The molecule has 1 saturated heterocycles. The highest BCUT2D eigenvalue weighted by Gasteiger charge is 2.33. The van der Waals surface area contributed by atoms with Gasteiger partial charge >= 0.3 is 12.0 Å². The first-order chi connectivity index (χ1) is 11.0. The molecule has 124 valence electrons. The molecule has 3 amide bonds. The molecule has 1 atom stereocenters. The van der Waals surface area contributed by atoms with Crippen LogP contribution in [0.5, 0.6) is 0 Å². The van der Waals surface area contributed by atoms with Gasteiger partial charge in [-0.05, 0) is 30.5 Å². The van der Waals surface area contributed by atoms with Crippen LogP contribution in [-0.4, -0.2) is 47.0 Å². The predicted molar refractivity (Wildman–Crippen MR) is 84.1 cm³/mol. The predicted octanol–water partition coefficient (Wildman–Crippen LogP) is 1.21. The van der Waals surface area contributed by atoms with Crippen molar-refractivity contribution in [1.29, 1.82) is 0 Å². The first-order valence-corrected chi connectivity index (χ1v) is 7.63. The summed E-state index contributed by atoms with van der Waals surface area (Å²) in [6, 6.07) is 5.74. The number of carboxylic acids is 1. The van der Waals surface area contributed by atoms with Crippen LogP contribution in [0, 0.1) is 0 Å². The van der Waals surface area contributed by atoms with E-state index in [-0.39, 0.29) is 6.54 Å². The fourth-order valence-corrected chi connectivity index (χ4v) is 2.55. The fourth-order valence-electron chi connectivity index (χ4n) is 2.43. The largest absolute Gasteiger partial charge is 0.480 e. The maximum Gasteiger partial charge on any atom is 0.326 e. The average Bonchev–Trinajstić information content (AvgIpc) is 3.02. The molecule has 1 aliphatic heterocycles. The summed E-state index contributed by atoms with van der Waals surface area (Å²) in [4.78, 5) is 36.0. The topological polar surface area (TPSA) is 98.7 Å². The van der Waals surface area contributed by atoms with E-state index >= 15 is 0 Å². The lowest BCUT2D eigenvalue weighted by Crippen LogP contribution is -2.47. The standard InChI is InChI=1S/C15H18ClN3O4/c16-11-5-3-10(4-6-11)8-17-15(23)18-9-13(20)19-7-1-2-12(19)14(21)22/h3-6,12H,1-2,7-9H2,(H,21,22)(H2,17,18,23)/t12-/m0/s1. The molecule has 0 aromatic heterocycles. The fraction of sp³-hybridized carbons (Fsp3) is 0.400. The number of carboxylic acid groups (broad SMARTS) is 1. The molecule has 0 saturated carbocycles. The molecule has 1 fully saturated rings. The number of carbonyl (C=O) groups excluding carboxylic acids is 2. The Labute approximate surface area is 138 Å². The minimum absolute atomic E-state index is 0.226. The van der Waals surface area contributed by atoms with E-state index in [2.05, 4.69) is 10.6 Å². The summed E-state index contributed by atoms with van der Waals surface area (Å²) >= 11 is 5.77. The van der Waals surface area contributed by atoms with Gasteiger partial charge in [0.25, 0.3) is 0 Å². The summed E-state index contributed by atoms with van der Waals surface area (Å²) in [7, 11) is 0. The van der Waals surface area contributed by atoms with Crippen LogP contribution in [0.15, 0.2) is 24.3 Å². The molecule has 7 nitrogen and oxygen atoms in total. The molecule has 1 aliphatic rings. The summed E-state index contributed by atoms with van der Waals surface area (Å²) < 4.78 is 0. The summed E-state index contributed by atoms with van der Waals surface area (Å²) in [5.74, 6) is -1.40. The molecule has 8 heteroatoms. The Morgan fingerprint density at radius 2 is 1.91 bits per heavy atom. The van der Waals surface area contributed by atoms with Crippen LogP contribution in [0.1, 0.15) is 18.4 Å². The number of amides is 3. The number of nitrogens with zero attached hydrogens (tertiary/aromatic N) is 1. The van der Waals surface area contributed by atoms with Crippen molar-refractivity contribution in [2.75, 3.05) is 13.1 Å². The molecular weight excluding hydrogens is 322 g/mol. The van der Waals surface area contributed by atoms with Gasteiger partial charge in [-0.15, -0.1) is 0 Å². The van der Waals surface area contributed by atoms with Gasteiger partial charge in [0.1, 0.15) is 6.04 Å². The third-order valence-corrected chi connectivity index (χ3v) is 3.88. The monoisotopic (exact) mass is 339 g/mol. The van der Waals surface area contributed by atoms with Crippen molar-refractivity contribution < 1.29 is 19.5 Å². The Kier molecular flexibility index (Phi) is 5.81. The summed E-state index contributed by atoms with van der Waals surface area (Å²) in [5.41, 5.74) is 0.876. The zero-order valence-corrected chi connectivity index (χ0v) is 13.2. The van der Waals surface area contributed by atoms with E-state index in [1.807, 2.05) is 0 Å². The highest BCUT2D eigenvalue weighted by atomic mass is 35.5. The van der Waals surface area contributed by atoms with Crippen molar-refractivity contribution in [3.8, 4) is 0 Å². The second-order valence-electron chi connectivity index (χ2n) is 5.25. The number of hydrogen-bond acceptors (Lipinski definition) is 3.